The molecule has 2 heterocycles. The van der Waals surface area contributed by atoms with Crippen LogP contribution in [0.25, 0.3) is 0 Å². The largest absolute Gasteiger partial charge is 0.472 e. The molecule has 25 heteroatoms. The number of carbonyl (C=O) groups is 3. The van der Waals surface area contributed by atoms with Crippen LogP contribution in [-0.4, -0.2) is 204 Å². The van der Waals surface area contributed by atoms with E-state index in [0.29, 0.717) is 19.3 Å². The summed E-state index contributed by atoms with van der Waals surface area (Å²) in [5, 5.41) is 110. The van der Waals surface area contributed by atoms with Crippen LogP contribution in [0.15, 0.2) is 0 Å². The number of ether oxygens (including phenoxy) is 7. The van der Waals surface area contributed by atoms with Crippen LogP contribution in [0.3, 0.4) is 0 Å². The van der Waals surface area contributed by atoms with Gasteiger partial charge in [0.2, 0.25) is 0 Å². The van der Waals surface area contributed by atoms with Crippen molar-refractivity contribution in [3.63, 3.8) is 0 Å². The van der Waals surface area contributed by atoms with Gasteiger partial charge in [0.15, 0.2) is 18.7 Å². The van der Waals surface area contributed by atoms with E-state index in [1.54, 1.807) is 0 Å². The van der Waals surface area contributed by atoms with Crippen LogP contribution in [0.5, 0.6) is 0 Å². The van der Waals surface area contributed by atoms with E-state index in [1.807, 2.05) is 0 Å². The van der Waals surface area contributed by atoms with Gasteiger partial charge in [-0.1, -0.05) is 284 Å². The number of carbonyl (C=O) groups excluding carboxylic acids is 3. The Morgan fingerprint density at radius 1 is 0.354 bits per heavy atom. The molecule has 0 spiro atoms. The Morgan fingerprint density at radius 3 is 0.990 bits per heavy atom. The zero-order valence-corrected chi connectivity index (χ0v) is 61.9. The summed E-state index contributed by atoms with van der Waals surface area (Å²) in [7, 11) is -5.69. The molecule has 1 saturated carbocycles. The number of aliphatic hydroxyl groups is 10. The number of phosphoric acid groups is 1. The Hall–Kier alpha value is -2.04. The van der Waals surface area contributed by atoms with Gasteiger partial charge >= 0.3 is 25.7 Å². The minimum Gasteiger partial charge on any atom is -0.463 e. The molecule has 0 amide bonds. The summed E-state index contributed by atoms with van der Waals surface area (Å²) in [4.78, 5) is 51.0. The second-order valence-corrected chi connectivity index (χ2v) is 29.8. The molecule has 2 saturated heterocycles. The minimum absolute atomic E-state index is 0.0335. The Bertz CT molecular complexity index is 2050. The van der Waals surface area contributed by atoms with Crippen LogP contribution in [0.4, 0.5) is 0 Å². The second kappa shape index (κ2) is 56.3. The average molecular weight is 1440 g/mol. The van der Waals surface area contributed by atoms with E-state index in [9.17, 15) is 74.9 Å². The standard InChI is InChI=1S/C74H139O24P/c1-4-7-10-13-16-19-22-25-27-28-30-32-34-36-39-42-45-48-58(76)90-52-55(93-60(78)50-47-44-41-38-33-24-21-18-15-12-9-6-3)53-92-99(88,89)98-72-70(96-73-68(86)63(81)61(79)56(51-75)94-73)66(84)65(83)67(85)71(72)97-74-69(87)64(82)62(80)57(95-74)54-91-59(77)49-46-43-40-37-35-31-29-26-23-20-17-14-11-8-5-2/h55-57,61-75,79-87H,4-54H2,1-3H3,(H,88,89). The van der Waals surface area contributed by atoms with Crippen LogP contribution in [-0.2, 0) is 61.2 Å². The molecule has 3 aliphatic rings. The second-order valence-electron chi connectivity index (χ2n) is 28.4. The topological polar surface area (TPSA) is 374 Å². The van der Waals surface area contributed by atoms with Gasteiger partial charge in [0.25, 0.3) is 0 Å². The van der Waals surface area contributed by atoms with Crippen molar-refractivity contribution >= 4 is 25.7 Å². The van der Waals surface area contributed by atoms with Crippen molar-refractivity contribution in [1.82, 2.24) is 0 Å². The zero-order valence-electron chi connectivity index (χ0n) is 61.1. The van der Waals surface area contributed by atoms with Crippen LogP contribution < -0.4 is 0 Å². The Labute approximate surface area is 593 Å². The van der Waals surface area contributed by atoms with Crippen molar-refractivity contribution in [1.29, 1.82) is 0 Å². The van der Waals surface area contributed by atoms with E-state index in [2.05, 4.69) is 20.8 Å². The van der Waals surface area contributed by atoms with Crippen molar-refractivity contribution in [2.24, 2.45) is 0 Å². The number of phosphoric ester groups is 1. The van der Waals surface area contributed by atoms with E-state index in [-0.39, 0.29) is 19.3 Å². The molecule has 11 N–H and O–H groups in total. The lowest BCUT2D eigenvalue weighted by molar-refractivity contribution is -0.360. The minimum atomic E-state index is -5.69. The summed E-state index contributed by atoms with van der Waals surface area (Å²) in [5.41, 5.74) is 0. The van der Waals surface area contributed by atoms with Crippen molar-refractivity contribution in [2.75, 3.05) is 26.4 Å². The molecule has 0 aromatic rings. The van der Waals surface area contributed by atoms with Crippen LogP contribution in [0.2, 0.25) is 0 Å². The van der Waals surface area contributed by atoms with Gasteiger partial charge < -0.3 is 89.1 Å². The van der Waals surface area contributed by atoms with E-state index < -0.39 is 156 Å². The van der Waals surface area contributed by atoms with E-state index >= 15 is 0 Å². The molecule has 18 unspecified atom stereocenters. The third-order valence-corrected chi connectivity index (χ3v) is 20.6. The van der Waals surface area contributed by atoms with Gasteiger partial charge in [0.1, 0.15) is 98.7 Å². The summed E-state index contributed by atoms with van der Waals surface area (Å²) in [6.45, 7) is 3.48. The van der Waals surface area contributed by atoms with Gasteiger partial charge in [-0.2, -0.15) is 0 Å². The first kappa shape index (κ1) is 91.2. The maximum Gasteiger partial charge on any atom is 0.472 e. The van der Waals surface area contributed by atoms with E-state index in [1.165, 1.54) is 173 Å². The summed E-state index contributed by atoms with van der Waals surface area (Å²) >= 11 is 0. The predicted molar refractivity (Wildman–Crippen MR) is 375 cm³/mol. The van der Waals surface area contributed by atoms with Crippen LogP contribution >= 0.6 is 7.82 Å². The summed E-state index contributed by atoms with van der Waals surface area (Å²) in [5.74, 6) is -1.97. The predicted octanol–water partition coefficient (Wildman–Crippen LogP) is 11.4. The molecule has 24 nitrogen and oxygen atoms in total. The van der Waals surface area contributed by atoms with Gasteiger partial charge in [0.05, 0.1) is 13.2 Å². The molecule has 99 heavy (non-hydrogen) atoms. The summed E-state index contributed by atoms with van der Waals surface area (Å²) < 4.78 is 65.1. The molecule has 0 aromatic heterocycles. The molecule has 18 atom stereocenters. The monoisotopic (exact) mass is 1440 g/mol. The molecule has 2 aliphatic heterocycles. The van der Waals surface area contributed by atoms with E-state index in [4.69, 9.17) is 42.2 Å². The van der Waals surface area contributed by atoms with Gasteiger partial charge in [-0.05, 0) is 19.3 Å². The number of rotatable bonds is 62. The zero-order chi connectivity index (χ0) is 72.5. The molecular formula is C74H139O24P. The fourth-order valence-corrected chi connectivity index (χ4v) is 14.2. The fraction of sp³-hybridized carbons (Fsp3) is 0.959. The van der Waals surface area contributed by atoms with Gasteiger partial charge in [-0.15, -0.1) is 0 Å². The molecule has 0 aromatic carbocycles. The SMILES string of the molecule is CCCCCCCCCCCCCCCCCCCC(=O)OCC(COP(=O)(O)OC1C(OC2OC(CO)C(O)C(O)C2O)C(O)C(O)C(O)C1OC1OC(COC(=O)CCCCCCCCCCCCCCCCC)C(O)C(O)C1O)OC(=O)CCCCCCCCCCCCCC. The highest BCUT2D eigenvalue weighted by molar-refractivity contribution is 7.47. The van der Waals surface area contributed by atoms with Crippen molar-refractivity contribution in [2.45, 2.75) is 427 Å². The maximum atomic E-state index is 14.3. The number of hydrogen-bond acceptors (Lipinski definition) is 23. The lowest BCUT2D eigenvalue weighted by Crippen LogP contribution is -2.69. The third-order valence-electron chi connectivity index (χ3n) is 19.6. The molecule has 0 bridgehead atoms. The van der Waals surface area contributed by atoms with Crippen molar-refractivity contribution in [3.8, 4) is 0 Å². The molecule has 3 rings (SSSR count). The molecular weight excluding hydrogens is 1300 g/mol. The normalized spacial score (nSPS) is 27.4. The number of aliphatic hydroxyl groups excluding tert-OH is 10. The summed E-state index contributed by atoms with van der Waals surface area (Å²) in [6, 6.07) is 0. The highest BCUT2D eigenvalue weighted by atomic mass is 31.2. The lowest BCUT2D eigenvalue weighted by Gasteiger charge is -2.49. The maximum absolute atomic E-state index is 14.3. The van der Waals surface area contributed by atoms with E-state index in [0.717, 1.165) is 89.9 Å². The van der Waals surface area contributed by atoms with Crippen LogP contribution in [0, 0.1) is 0 Å². The fourth-order valence-electron chi connectivity index (χ4n) is 13.2. The van der Waals surface area contributed by atoms with Gasteiger partial charge in [-0.3, -0.25) is 23.4 Å². The highest BCUT2D eigenvalue weighted by Crippen LogP contribution is 2.49. The number of hydrogen-bond donors (Lipinski definition) is 11. The first-order chi connectivity index (χ1) is 47.8. The first-order valence-electron chi connectivity index (χ1n) is 39.3. The quantitative estimate of drug-likeness (QED) is 0.0117. The molecule has 1 aliphatic carbocycles. The Morgan fingerprint density at radius 2 is 0.646 bits per heavy atom. The lowest BCUT2D eigenvalue weighted by atomic mass is 9.84. The highest BCUT2D eigenvalue weighted by Gasteiger charge is 2.58. The number of unbranched alkanes of at least 4 members (excludes halogenated alkanes) is 41. The molecule has 3 fully saturated rings. The summed E-state index contributed by atoms with van der Waals surface area (Å²) in [6.07, 6.45) is 14.4. The number of esters is 3. The Balaban J connectivity index is 1.70. The van der Waals surface area contributed by atoms with Gasteiger partial charge in [0, 0.05) is 19.3 Å². The van der Waals surface area contributed by atoms with Crippen molar-refractivity contribution < 1.29 is 117 Å². The van der Waals surface area contributed by atoms with Gasteiger partial charge in [-0.25, -0.2) is 4.57 Å². The van der Waals surface area contributed by atoms with Crippen molar-refractivity contribution in [3.05, 3.63) is 0 Å². The average Bonchev–Trinajstić information content (AvgIpc) is 0.763. The first-order valence-corrected chi connectivity index (χ1v) is 40.8. The third kappa shape index (κ3) is 39.2. The smallest absolute Gasteiger partial charge is 0.463 e. The Kier molecular flexibility index (Phi) is 51.9. The van der Waals surface area contributed by atoms with Crippen LogP contribution in [0.1, 0.15) is 323 Å². The molecule has 0 radical (unpaired) electrons. The molecule has 584 valence electrons.